The summed E-state index contributed by atoms with van der Waals surface area (Å²) in [7, 11) is 0. The molecule has 1 unspecified atom stereocenters. The molecule has 1 heterocycles. The number of hydrogen-bond donors (Lipinski definition) is 2. The standard InChI is InChI=1S/C15H17F2N3O/c1-10-7-8-18-13(20-10)11-3-5-12(6-4-11)19-9-15(2,21)14(16)17/h3-8,14,19,21H,9H2,1-2H3. The molecular weight excluding hydrogens is 276 g/mol. The smallest absolute Gasteiger partial charge is 0.268 e. The van der Waals surface area contributed by atoms with Crippen LogP contribution in [0.1, 0.15) is 12.6 Å². The van der Waals surface area contributed by atoms with Crippen LogP contribution in [0.2, 0.25) is 0 Å². The first kappa shape index (κ1) is 15.3. The molecule has 2 rings (SSSR count). The van der Waals surface area contributed by atoms with Crippen molar-refractivity contribution >= 4 is 5.69 Å². The van der Waals surface area contributed by atoms with Crippen molar-refractivity contribution < 1.29 is 13.9 Å². The van der Waals surface area contributed by atoms with E-state index in [1.54, 1.807) is 30.5 Å². The fourth-order valence-electron chi connectivity index (χ4n) is 1.68. The fraction of sp³-hybridized carbons (Fsp3) is 0.333. The number of benzene rings is 1. The normalized spacial score (nSPS) is 14.0. The third-order valence-electron chi connectivity index (χ3n) is 3.06. The summed E-state index contributed by atoms with van der Waals surface area (Å²) in [6, 6.07) is 8.89. The zero-order valence-electron chi connectivity index (χ0n) is 11.8. The second kappa shape index (κ2) is 6.13. The minimum Gasteiger partial charge on any atom is -0.382 e. The summed E-state index contributed by atoms with van der Waals surface area (Å²) in [5.74, 6) is 0.612. The predicted molar refractivity (Wildman–Crippen MR) is 77.3 cm³/mol. The van der Waals surface area contributed by atoms with Gasteiger partial charge in [0.15, 0.2) is 5.82 Å². The van der Waals surface area contributed by atoms with Crippen molar-refractivity contribution in [2.45, 2.75) is 25.9 Å². The van der Waals surface area contributed by atoms with Crippen LogP contribution in [0, 0.1) is 6.92 Å². The quantitative estimate of drug-likeness (QED) is 0.890. The van der Waals surface area contributed by atoms with Crippen molar-refractivity contribution in [3.05, 3.63) is 42.2 Å². The van der Waals surface area contributed by atoms with Crippen molar-refractivity contribution in [2.24, 2.45) is 0 Å². The molecule has 6 heteroatoms. The third-order valence-corrected chi connectivity index (χ3v) is 3.06. The van der Waals surface area contributed by atoms with Crippen molar-refractivity contribution in [1.29, 1.82) is 0 Å². The average Bonchev–Trinajstić information content (AvgIpc) is 2.45. The number of anilines is 1. The Balaban J connectivity index is 2.06. The Kier molecular flexibility index (Phi) is 4.47. The summed E-state index contributed by atoms with van der Waals surface area (Å²) in [6.07, 6.45) is -1.12. The van der Waals surface area contributed by atoms with E-state index in [0.717, 1.165) is 18.2 Å². The number of halogens is 2. The van der Waals surface area contributed by atoms with Gasteiger partial charge < -0.3 is 10.4 Å². The van der Waals surface area contributed by atoms with Crippen LogP contribution >= 0.6 is 0 Å². The first-order chi connectivity index (χ1) is 9.88. The van der Waals surface area contributed by atoms with E-state index in [1.807, 2.05) is 13.0 Å². The van der Waals surface area contributed by atoms with Gasteiger partial charge in [0.05, 0.1) is 0 Å². The van der Waals surface area contributed by atoms with Crippen LogP contribution in [0.3, 0.4) is 0 Å². The summed E-state index contributed by atoms with van der Waals surface area (Å²) < 4.78 is 25.1. The lowest BCUT2D eigenvalue weighted by molar-refractivity contribution is -0.0732. The summed E-state index contributed by atoms with van der Waals surface area (Å²) in [5.41, 5.74) is 0.297. The Bertz CT molecular complexity index is 600. The molecular formula is C15H17F2N3O. The molecule has 0 aliphatic carbocycles. The Labute approximate surface area is 121 Å². The largest absolute Gasteiger partial charge is 0.382 e. The molecule has 0 saturated heterocycles. The first-order valence-corrected chi connectivity index (χ1v) is 6.53. The fourth-order valence-corrected chi connectivity index (χ4v) is 1.68. The molecule has 0 radical (unpaired) electrons. The monoisotopic (exact) mass is 293 g/mol. The molecule has 0 spiro atoms. The highest BCUT2D eigenvalue weighted by atomic mass is 19.3. The lowest BCUT2D eigenvalue weighted by atomic mass is 10.1. The topological polar surface area (TPSA) is 58.0 Å². The van der Waals surface area contributed by atoms with Crippen molar-refractivity contribution in [2.75, 3.05) is 11.9 Å². The van der Waals surface area contributed by atoms with Crippen LogP contribution in [0.5, 0.6) is 0 Å². The highest BCUT2D eigenvalue weighted by Gasteiger charge is 2.31. The number of rotatable bonds is 5. The molecule has 0 bridgehead atoms. The van der Waals surface area contributed by atoms with E-state index in [0.29, 0.717) is 11.5 Å². The lowest BCUT2D eigenvalue weighted by Gasteiger charge is -2.23. The maximum atomic E-state index is 12.5. The van der Waals surface area contributed by atoms with Crippen molar-refractivity contribution in [3.8, 4) is 11.4 Å². The highest BCUT2D eigenvalue weighted by Crippen LogP contribution is 2.20. The molecule has 2 N–H and O–H groups in total. The molecule has 1 aromatic carbocycles. The van der Waals surface area contributed by atoms with E-state index in [9.17, 15) is 13.9 Å². The maximum absolute atomic E-state index is 12.5. The van der Waals surface area contributed by atoms with E-state index in [-0.39, 0.29) is 6.54 Å². The van der Waals surface area contributed by atoms with Crippen LogP contribution < -0.4 is 5.32 Å². The summed E-state index contributed by atoms with van der Waals surface area (Å²) in [5, 5.41) is 12.3. The van der Waals surface area contributed by atoms with Gasteiger partial charge in [-0.3, -0.25) is 0 Å². The van der Waals surface area contributed by atoms with Gasteiger partial charge in [0.1, 0.15) is 5.60 Å². The van der Waals surface area contributed by atoms with E-state index in [4.69, 9.17) is 0 Å². The summed E-state index contributed by atoms with van der Waals surface area (Å²) in [4.78, 5) is 8.49. The Morgan fingerprint density at radius 1 is 1.24 bits per heavy atom. The van der Waals surface area contributed by atoms with Gasteiger partial charge >= 0.3 is 0 Å². The molecule has 0 fully saturated rings. The van der Waals surface area contributed by atoms with Crippen molar-refractivity contribution in [3.63, 3.8) is 0 Å². The molecule has 1 aromatic heterocycles. The van der Waals surface area contributed by atoms with Gasteiger partial charge in [-0.1, -0.05) is 0 Å². The van der Waals surface area contributed by atoms with Gasteiger partial charge in [-0.2, -0.15) is 0 Å². The molecule has 0 aliphatic heterocycles. The minimum absolute atomic E-state index is 0.231. The number of alkyl halides is 2. The van der Waals surface area contributed by atoms with Crippen LogP contribution in [0.25, 0.3) is 11.4 Å². The maximum Gasteiger partial charge on any atom is 0.268 e. The van der Waals surface area contributed by atoms with Crippen LogP contribution in [0.4, 0.5) is 14.5 Å². The number of aryl methyl sites for hydroxylation is 1. The zero-order valence-corrected chi connectivity index (χ0v) is 11.8. The van der Waals surface area contributed by atoms with Crippen LogP contribution in [0.15, 0.2) is 36.5 Å². The SMILES string of the molecule is Cc1ccnc(-c2ccc(NCC(C)(O)C(F)F)cc2)n1. The molecule has 2 aromatic rings. The number of aromatic nitrogens is 2. The van der Waals surface area contributed by atoms with E-state index in [1.165, 1.54) is 0 Å². The van der Waals surface area contributed by atoms with Crippen LogP contribution in [-0.2, 0) is 0 Å². The van der Waals surface area contributed by atoms with E-state index < -0.39 is 12.0 Å². The summed E-state index contributed by atoms with van der Waals surface area (Å²) in [6.45, 7) is 2.75. The van der Waals surface area contributed by atoms with Gasteiger partial charge in [-0.05, 0) is 44.2 Å². The van der Waals surface area contributed by atoms with Gasteiger partial charge in [-0.15, -0.1) is 0 Å². The number of hydrogen-bond acceptors (Lipinski definition) is 4. The van der Waals surface area contributed by atoms with Crippen LogP contribution in [-0.4, -0.2) is 33.6 Å². The molecule has 4 nitrogen and oxygen atoms in total. The number of nitrogens with one attached hydrogen (secondary N) is 1. The zero-order chi connectivity index (χ0) is 15.5. The Morgan fingerprint density at radius 3 is 2.48 bits per heavy atom. The third kappa shape index (κ3) is 3.95. The van der Waals surface area contributed by atoms with Gasteiger partial charge in [-0.25, -0.2) is 18.7 Å². The predicted octanol–water partition coefficient (Wildman–Crippen LogP) is 2.88. The van der Waals surface area contributed by atoms with Gasteiger partial charge in [0.25, 0.3) is 6.43 Å². The van der Waals surface area contributed by atoms with Crippen molar-refractivity contribution in [1.82, 2.24) is 9.97 Å². The molecule has 1 atom stereocenters. The summed E-state index contributed by atoms with van der Waals surface area (Å²) >= 11 is 0. The molecule has 112 valence electrons. The Hall–Kier alpha value is -2.08. The first-order valence-electron chi connectivity index (χ1n) is 6.53. The number of aliphatic hydroxyl groups is 1. The molecule has 0 amide bonds. The van der Waals surface area contributed by atoms with E-state index in [2.05, 4.69) is 15.3 Å². The average molecular weight is 293 g/mol. The second-order valence-electron chi connectivity index (χ2n) is 5.11. The molecule has 0 saturated carbocycles. The second-order valence-corrected chi connectivity index (χ2v) is 5.11. The highest BCUT2D eigenvalue weighted by molar-refractivity contribution is 5.59. The lowest BCUT2D eigenvalue weighted by Crippen LogP contribution is -2.40. The Morgan fingerprint density at radius 2 is 1.90 bits per heavy atom. The van der Waals surface area contributed by atoms with Gasteiger partial charge in [0, 0.05) is 29.7 Å². The van der Waals surface area contributed by atoms with Gasteiger partial charge in [0.2, 0.25) is 0 Å². The molecule has 21 heavy (non-hydrogen) atoms. The minimum atomic E-state index is -2.80. The van der Waals surface area contributed by atoms with E-state index >= 15 is 0 Å². The number of nitrogens with zero attached hydrogens (tertiary/aromatic N) is 2. The molecule has 0 aliphatic rings.